The molecule has 2 aromatic carbocycles. The van der Waals surface area contributed by atoms with Gasteiger partial charge in [0.1, 0.15) is 11.5 Å². The number of aromatic hydroxyl groups is 1. The number of benzene rings is 2. The number of Topliss-reactive ketones (excluding diaryl/α,β-unsaturated/α-hetero) is 1. The third-order valence-corrected chi connectivity index (χ3v) is 4.47. The van der Waals surface area contributed by atoms with E-state index in [1.54, 1.807) is 31.2 Å². The summed E-state index contributed by atoms with van der Waals surface area (Å²) in [7, 11) is 0. The van der Waals surface area contributed by atoms with Crippen LogP contribution in [0.5, 0.6) is 11.5 Å². The van der Waals surface area contributed by atoms with Crippen molar-refractivity contribution in [2.24, 2.45) is 0 Å². The maximum atomic E-state index is 12.5. The van der Waals surface area contributed by atoms with Crippen LogP contribution in [0.3, 0.4) is 0 Å². The Hall–Kier alpha value is -1.97. The Balaban J connectivity index is 2.05. The van der Waals surface area contributed by atoms with Crippen LogP contribution in [0, 0.1) is 13.8 Å². The fraction of sp³-hybridized carbons (Fsp3) is 0.118. The molecule has 0 bridgehead atoms. The van der Waals surface area contributed by atoms with Gasteiger partial charge in [0.15, 0.2) is 5.76 Å². The van der Waals surface area contributed by atoms with E-state index in [0.29, 0.717) is 27.5 Å². The van der Waals surface area contributed by atoms with Crippen molar-refractivity contribution in [2.75, 3.05) is 0 Å². The van der Waals surface area contributed by atoms with Crippen molar-refractivity contribution in [3.05, 3.63) is 62.3 Å². The van der Waals surface area contributed by atoms with Gasteiger partial charge in [-0.05, 0) is 54.8 Å². The lowest BCUT2D eigenvalue weighted by atomic mass is 10.0. The normalized spacial score (nSPS) is 15.1. The second-order valence-electron chi connectivity index (χ2n) is 5.16. The van der Waals surface area contributed by atoms with Crippen LogP contribution in [0.4, 0.5) is 0 Å². The highest BCUT2D eigenvalue weighted by Crippen LogP contribution is 2.39. The first-order chi connectivity index (χ1) is 10.4. The van der Waals surface area contributed by atoms with Crippen LogP contribution in [-0.4, -0.2) is 10.9 Å². The second-order valence-corrected chi connectivity index (χ2v) is 5.94. The fourth-order valence-electron chi connectivity index (χ4n) is 2.43. The number of allylic oxidation sites excluding steroid dienone is 1. The minimum absolute atomic E-state index is 0.0102. The molecule has 0 aliphatic carbocycles. The third kappa shape index (κ3) is 2.36. The molecular formula is C17H12Cl2O3. The van der Waals surface area contributed by atoms with Crippen molar-refractivity contribution in [2.45, 2.75) is 13.8 Å². The summed E-state index contributed by atoms with van der Waals surface area (Å²) in [6.07, 6.45) is 1.59. The van der Waals surface area contributed by atoms with Gasteiger partial charge in [-0.15, -0.1) is 0 Å². The summed E-state index contributed by atoms with van der Waals surface area (Å²) in [4.78, 5) is 12.5. The zero-order chi connectivity index (χ0) is 16.0. The molecule has 0 fully saturated rings. The van der Waals surface area contributed by atoms with Gasteiger partial charge in [0, 0.05) is 5.02 Å². The number of rotatable bonds is 1. The molecule has 1 N–H and O–H groups in total. The Kier molecular flexibility index (Phi) is 3.63. The molecule has 112 valence electrons. The number of hydrogen-bond donors (Lipinski definition) is 1. The van der Waals surface area contributed by atoms with Gasteiger partial charge in [-0.3, -0.25) is 4.79 Å². The van der Waals surface area contributed by atoms with Gasteiger partial charge >= 0.3 is 0 Å². The van der Waals surface area contributed by atoms with Gasteiger partial charge in [0.05, 0.1) is 10.6 Å². The molecule has 0 radical (unpaired) electrons. The van der Waals surface area contributed by atoms with Crippen molar-refractivity contribution < 1.29 is 14.6 Å². The summed E-state index contributed by atoms with van der Waals surface area (Å²) in [5, 5.41) is 10.2. The maximum absolute atomic E-state index is 12.5. The molecule has 0 saturated heterocycles. The van der Waals surface area contributed by atoms with Gasteiger partial charge in [0.2, 0.25) is 5.78 Å². The summed E-state index contributed by atoms with van der Waals surface area (Å²) in [5.74, 6) is 0.504. The Bertz CT molecular complexity index is 838. The molecule has 3 rings (SSSR count). The molecule has 3 nitrogen and oxygen atoms in total. The minimum Gasteiger partial charge on any atom is -0.506 e. The van der Waals surface area contributed by atoms with Gasteiger partial charge in [-0.2, -0.15) is 0 Å². The van der Waals surface area contributed by atoms with Crippen LogP contribution in [0.25, 0.3) is 6.08 Å². The average Bonchev–Trinajstić information content (AvgIpc) is 2.77. The zero-order valence-electron chi connectivity index (χ0n) is 11.9. The summed E-state index contributed by atoms with van der Waals surface area (Å²) < 4.78 is 5.66. The quantitative estimate of drug-likeness (QED) is 0.752. The maximum Gasteiger partial charge on any atom is 0.232 e. The molecule has 0 amide bonds. The van der Waals surface area contributed by atoms with E-state index in [0.717, 1.165) is 5.56 Å². The number of ketones is 1. The number of fused-ring (bicyclic) bond motifs is 1. The highest BCUT2D eigenvalue weighted by molar-refractivity contribution is 6.33. The molecule has 5 heteroatoms. The average molecular weight is 335 g/mol. The van der Waals surface area contributed by atoms with Gasteiger partial charge in [0.25, 0.3) is 0 Å². The van der Waals surface area contributed by atoms with E-state index in [4.69, 9.17) is 27.9 Å². The Labute approximate surface area is 137 Å². The molecular weight excluding hydrogens is 323 g/mol. The van der Waals surface area contributed by atoms with Gasteiger partial charge < -0.3 is 9.84 Å². The van der Waals surface area contributed by atoms with Gasteiger partial charge in [-0.1, -0.05) is 29.3 Å². The predicted octanol–water partition coefficient (Wildman–Crippen LogP) is 4.93. The highest BCUT2D eigenvalue weighted by Gasteiger charge is 2.30. The first kappa shape index (κ1) is 14.9. The number of carbonyl (C=O) groups is 1. The van der Waals surface area contributed by atoms with Crippen molar-refractivity contribution in [3.8, 4) is 11.5 Å². The summed E-state index contributed by atoms with van der Waals surface area (Å²) in [6, 6.07) is 6.44. The number of carbonyl (C=O) groups excluding carboxylic acids is 1. The predicted molar refractivity (Wildman–Crippen MR) is 87.0 cm³/mol. The van der Waals surface area contributed by atoms with Crippen LogP contribution < -0.4 is 4.74 Å². The van der Waals surface area contributed by atoms with E-state index in [2.05, 4.69) is 0 Å². The van der Waals surface area contributed by atoms with Crippen LogP contribution in [0.15, 0.2) is 30.0 Å². The summed E-state index contributed by atoms with van der Waals surface area (Å²) in [5.41, 5.74) is 2.74. The van der Waals surface area contributed by atoms with Crippen molar-refractivity contribution >= 4 is 35.1 Å². The summed E-state index contributed by atoms with van der Waals surface area (Å²) >= 11 is 12.1. The molecule has 0 saturated carbocycles. The molecule has 0 atom stereocenters. The largest absolute Gasteiger partial charge is 0.506 e. The SMILES string of the molecule is Cc1cc2c(c(C)c1Cl)C(=O)/C(=C/c1ccc(O)c(Cl)c1)O2. The van der Waals surface area contributed by atoms with Gasteiger partial charge in [-0.25, -0.2) is 0 Å². The van der Waals surface area contributed by atoms with Crippen LogP contribution in [0.2, 0.25) is 10.0 Å². The molecule has 1 aliphatic heterocycles. The van der Waals surface area contributed by atoms with E-state index >= 15 is 0 Å². The Morgan fingerprint density at radius 2 is 1.91 bits per heavy atom. The van der Waals surface area contributed by atoms with E-state index in [1.807, 2.05) is 6.92 Å². The molecule has 0 spiro atoms. The monoisotopic (exact) mass is 334 g/mol. The summed E-state index contributed by atoms with van der Waals surface area (Å²) in [6.45, 7) is 3.67. The van der Waals surface area contributed by atoms with Crippen LogP contribution >= 0.6 is 23.2 Å². The molecule has 0 unspecified atom stereocenters. The fourth-order valence-corrected chi connectivity index (χ4v) is 2.77. The lowest BCUT2D eigenvalue weighted by Gasteiger charge is -2.05. The molecule has 1 aliphatic rings. The molecule has 0 aromatic heterocycles. The Morgan fingerprint density at radius 1 is 1.18 bits per heavy atom. The topological polar surface area (TPSA) is 46.5 Å². The number of halogens is 2. The number of ether oxygens (including phenoxy) is 1. The Morgan fingerprint density at radius 3 is 2.59 bits per heavy atom. The minimum atomic E-state index is -0.210. The van der Waals surface area contributed by atoms with Crippen molar-refractivity contribution in [1.29, 1.82) is 0 Å². The van der Waals surface area contributed by atoms with Crippen molar-refractivity contribution in [3.63, 3.8) is 0 Å². The lowest BCUT2D eigenvalue weighted by Crippen LogP contribution is -2.00. The lowest BCUT2D eigenvalue weighted by molar-refractivity contribution is 0.101. The molecule has 1 heterocycles. The number of phenols is 1. The van der Waals surface area contributed by atoms with E-state index < -0.39 is 0 Å². The molecule has 2 aromatic rings. The van der Waals surface area contributed by atoms with Crippen LogP contribution in [0.1, 0.15) is 27.0 Å². The van der Waals surface area contributed by atoms with Crippen LogP contribution in [-0.2, 0) is 0 Å². The van der Waals surface area contributed by atoms with Crippen molar-refractivity contribution in [1.82, 2.24) is 0 Å². The first-order valence-corrected chi connectivity index (χ1v) is 7.36. The van der Waals surface area contributed by atoms with E-state index in [1.165, 1.54) is 6.07 Å². The standard InChI is InChI=1S/C17H12Cl2O3/c1-8-5-13-15(9(2)16(8)19)17(21)14(22-13)7-10-3-4-12(20)11(18)6-10/h3-7,20H,1-2H3/b14-7-. The zero-order valence-corrected chi connectivity index (χ0v) is 13.4. The second kappa shape index (κ2) is 5.34. The first-order valence-electron chi connectivity index (χ1n) is 6.61. The van der Waals surface area contributed by atoms with E-state index in [9.17, 15) is 9.90 Å². The molecule has 22 heavy (non-hydrogen) atoms. The van der Waals surface area contributed by atoms with E-state index in [-0.39, 0.29) is 22.3 Å². The number of aryl methyl sites for hydroxylation is 1. The number of hydrogen-bond acceptors (Lipinski definition) is 3. The smallest absolute Gasteiger partial charge is 0.232 e. The highest BCUT2D eigenvalue weighted by atomic mass is 35.5. The number of phenolic OH excluding ortho intramolecular Hbond substituents is 1. The third-order valence-electron chi connectivity index (χ3n) is 3.58.